The standard InChI is InChI=1S/C12H13N3O2/c1-8-14-10(11(15-8)12(16)17)5-4-9-3-2-6-13-7-9/h2-3,6-7H,4-5H2,1H3,(H,14,15)(H,16,17). The topological polar surface area (TPSA) is 78.9 Å². The van der Waals surface area contributed by atoms with Gasteiger partial charge in [-0.2, -0.15) is 0 Å². The lowest BCUT2D eigenvalue weighted by molar-refractivity contribution is 0.0689. The Morgan fingerprint density at radius 3 is 2.94 bits per heavy atom. The lowest BCUT2D eigenvalue weighted by Gasteiger charge is -2.00. The number of pyridine rings is 1. The van der Waals surface area contributed by atoms with Crippen LogP contribution in [0, 0.1) is 6.92 Å². The van der Waals surface area contributed by atoms with Gasteiger partial charge >= 0.3 is 5.97 Å². The highest BCUT2D eigenvalue weighted by molar-refractivity contribution is 5.86. The molecule has 0 spiro atoms. The fourth-order valence-electron chi connectivity index (χ4n) is 1.71. The van der Waals surface area contributed by atoms with Crippen LogP contribution in [0.15, 0.2) is 24.5 Å². The Balaban J connectivity index is 2.11. The number of nitrogens with one attached hydrogen (secondary N) is 1. The van der Waals surface area contributed by atoms with Crippen LogP contribution >= 0.6 is 0 Å². The van der Waals surface area contributed by atoms with E-state index >= 15 is 0 Å². The quantitative estimate of drug-likeness (QED) is 0.837. The van der Waals surface area contributed by atoms with Crippen LogP contribution in [-0.4, -0.2) is 26.0 Å². The molecule has 5 heteroatoms. The van der Waals surface area contributed by atoms with E-state index in [1.54, 1.807) is 19.3 Å². The molecule has 0 amide bonds. The maximum Gasteiger partial charge on any atom is 0.356 e. The third-order valence-electron chi connectivity index (χ3n) is 2.49. The Morgan fingerprint density at radius 2 is 2.29 bits per heavy atom. The molecule has 0 fully saturated rings. The lowest BCUT2D eigenvalue weighted by atomic mass is 10.1. The summed E-state index contributed by atoms with van der Waals surface area (Å²) in [5.74, 6) is -0.362. The number of H-pyrrole nitrogens is 1. The number of hydrogen-bond donors (Lipinski definition) is 2. The van der Waals surface area contributed by atoms with E-state index < -0.39 is 5.97 Å². The summed E-state index contributed by atoms with van der Waals surface area (Å²) in [6.07, 6.45) is 4.86. The van der Waals surface area contributed by atoms with Gasteiger partial charge in [0.15, 0.2) is 5.69 Å². The molecule has 0 radical (unpaired) electrons. The summed E-state index contributed by atoms with van der Waals surface area (Å²) in [6, 6.07) is 3.84. The van der Waals surface area contributed by atoms with E-state index in [4.69, 9.17) is 5.11 Å². The minimum Gasteiger partial charge on any atom is -0.476 e. The first-order chi connectivity index (χ1) is 8.16. The first-order valence-corrected chi connectivity index (χ1v) is 5.34. The van der Waals surface area contributed by atoms with E-state index in [9.17, 15) is 4.79 Å². The van der Waals surface area contributed by atoms with Gasteiger partial charge in [-0.15, -0.1) is 0 Å². The largest absolute Gasteiger partial charge is 0.476 e. The molecule has 2 N–H and O–H groups in total. The van der Waals surface area contributed by atoms with Crippen molar-refractivity contribution in [2.75, 3.05) is 0 Å². The van der Waals surface area contributed by atoms with Crippen molar-refractivity contribution in [2.24, 2.45) is 0 Å². The van der Waals surface area contributed by atoms with Crippen molar-refractivity contribution in [3.63, 3.8) is 0 Å². The van der Waals surface area contributed by atoms with Gasteiger partial charge in [0, 0.05) is 18.1 Å². The molecule has 0 unspecified atom stereocenters. The van der Waals surface area contributed by atoms with Crippen molar-refractivity contribution in [1.82, 2.24) is 15.0 Å². The van der Waals surface area contributed by atoms with Crippen molar-refractivity contribution in [2.45, 2.75) is 19.8 Å². The van der Waals surface area contributed by atoms with Gasteiger partial charge in [0.25, 0.3) is 0 Å². The van der Waals surface area contributed by atoms with E-state index in [0.717, 1.165) is 12.0 Å². The van der Waals surface area contributed by atoms with E-state index in [-0.39, 0.29) is 5.69 Å². The number of aromatic carboxylic acids is 1. The van der Waals surface area contributed by atoms with Crippen molar-refractivity contribution in [3.8, 4) is 0 Å². The minimum atomic E-state index is -0.990. The summed E-state index contributed by atoms with van der Waals surface area (Å²) in [4.78, 5) is 21.9. The van der Waals surface area contributed by atoms with E-state index in [1.807, 2.05) is 12.1 Å². The second kappa shape index (κ2) is 4.78. The average molecular weight is 231 g/mol. The molecule has 0 saturated heterocycles. The zero-order chi connectivity index (χ0) is 12.3. The molecule has 0 atom stereocenters. The van der Waals surface area contributed by atoms with E-state index in [1.165, 1.54) is 0 Å². The predicted octanol–water partition coefficient (Wildman–Crippen LogP) is 1.60. The number of hydrogen-bond acceptors (Lipinski definition) is 3. The highest BCUT2D eigenvalue weighted by Gasteiger charge is 2.14. The van der Waals surface area contributed by atoms with Crippen LogP contribution in [0.25, 0.3) is 0 Å². The van der Waals surface area contributed by atoms with Crippen LogP contribution in [0.5, 0.6) is 0 Å². The molecule has 2 aromatic rings. The first kappa shape index (κ1) is 11.3. The average Bonchev–Trinajstić information content (AvgIpc) is 2.69. The summed E-state index contributed by atoms with van der Waals surface area (Å²) in [7, 11) is 0. The van der Waals surface area contributed by atoms with Gasteiger partial charge < -0.3 is 10.1 Å². The molecule has 2 heterocycles. The van der Waals surface area contributed by atoms with Crippen LogP contribution < -0.4 is 0 Å². The highest BCUT2D eigenvalue weighted by Crippen LogP contribution is 2.10. The number of imidazole rings is 1. The number of carbonyl (C=O) groups is 1. The molecular weight excluding hydrogens is 218 g/mol. The van der Waals surface area contributed by atoms with Crippen molar-refractivity contribution < 1.29 is 9.90 Å². The molecule has 5 nitrogen and oxygen atoms in total. The maximum absolute atomic E-state index is 11.0. The lowest BCUT2D eigenvalue weighted by Crippen LogP contribution is -2.03. The zero-order valence-electron chi connectivity index (χ0n) is 9.47. The second-order valence-corrected chi connectivity index (χ2v) is 3.82. The third kappa shape index (κ3) is 2.69. The van der Waals surface area contributed by atoms with Crippen LogP contribution in [0.4, 0.5) is 0 Å². The monoisotopic (exact) mass is 231 g/mol. The molecule has 2 aromatic heterocycles. The first-order valence-electron chi connectivity index (χ1n) is 5.34. The van der Waals surface area contributed by atoms with Crippen molar-refractivity contribution in [3.05, 3.63) is 47.3 Å². The Labute approximate surface area is 98.6 Å². The molecular formula is C12H13N3O2. The van der Waals surface area contributed by atoms with Gasteiger partial charge in [-0.05, 0) is 31.4 Å². The fraction of sp³-hybridized carbons (Fsp3) is 0.250. The smallest absolute Gasteiger partial charge is 0.356 e. The number of aromatic nitrogens is 3. The Kier molecular flexibility index (Phi) is 3.18. The van der Waals surface area contributed by atoms with Gasteiger partial charge in [-0.3, -0.25) is 4.98 Å². The van der Waals surface area contributed by atoms with Gasteiger partial charge in [0.05, 0.1) is 0 Å². The van der Waals surface area contributed by atoms with Gasteiger partial charge in [0.1, 0.15) is 5.82 Å². The number of carboxylic acids is 1. The summed E-state index contributed by atoms with van der Waals surface area (Å²) in [5, 5.41) is 8.98. The number of aromatic amines is 1. The number of carboxylic acid groups (broad SMARTS) is 1. The molecule has 17 heavy (non-hydrogen) atoms. The van der Waals surface area contributed by atoms with Crippen LogP contribution in [-0.2, 0) is 12.8 Å². The van der Waals surface area contributed by atoms with Gasteiger partial charge in [-0.1, -0.05) is 6.07 Å². The summed E-state index contributed by atoms with van der Waals surface area (Å²) in [6.45, 7) is 1.75. The molecule has 0 aliphatic rings. The summed E-state index contributed by atoms with van der Waals surface area (Å²) in [5.41, 5.74) is 1.86. The molecule has 2 rings (SSSR count). The summed E-state index contributed by atoms with van der Waals surface area (Å²) < 4.78 is 0. The molecule has 0 bridgehead atoms. The number of aryl methyl sites for hydroxylation is 3. The van der Waals surface area contributed by atoms with Crippen LogP contribution in [0.3, 0.4) is 0 Å². The SMILES string of the molecule is Cc1nc(C(=O)O)c(CCc2cccnc2)[nH]1. The predicted molar refractivity (Wildman–Crippen MR) is 61.9 cm³/mol. The van der Waals surface area contributed by atoms with Gasteiger partial charge in [-0.25, -0.2) is 9.78 Å². The highest BCUT2D eigenvalue weighted by atomic mass is 16.4. The maximum atomic E-state index is 11.0. The number of nitrogens with zero attached hydrogens (tertiary/aromatic N) is 2. The molecule has 0 aliphatic carbocycles. The second-order valence-electron chi connectivity index (χ2n) is 3.82. The van der Waals surface area contributed by atoms with E-state index in [0.29, 0.717) is 17.9 Å². The fourth-order valence-corrected chi connectivity index (χ4v) is 1.71. The Bertz CT molecular complexity index is 520. The Hall–Kier alpha value is -2.17. The molecule has 0 saturated carbocycles. The van der Waals surface area contributed by atoms with Gasteiger partial charge in [0.2, 0.25) is 0 Å². The van der Waals surface area contributed by atoms with E-state index in [2.05, 4.69) is 15.0 Å². The minimum absolute atomic E-state index is 0.117. The normalized spacial score (nSPS) is 10.4. The zero-order valence-corrected chi connectivity index (χ0v) is 9.47. The molecule has 0 aromatic carbocycles. The third-order valence-corrected chi connectivity index (χ3v) is 2.49. The molecule has 0 aliphatic heterocycles. The van der Waals surface area contributed by atoms with Crippen LogP contribution in [0.1, 0.15) is 27.6 Å². The van der Waals surface area contributed by atoms with Crippen LogP contribution in [0.2, 0.25) is 0 Å². The van der Waals surface area contributed by atoms with Crippen molar-refractivity contribution in [1.29, 1.82) is 0 Å². The number of rotatable bonds is 4. The molecule has 88 valence electrons. The van der Waals surface area contributed by atoms with Crippen molar-refractivity contribution >= 4 is 5.97 Å². The summed E-state index contributed by atoms with van der Waals surface area (Å²) >= 11 is 0. The Morgan fingerprint density at radius 1 is 1.47 bits per heavy atom.